The predicted octanol–water partition coefficient (Wildman–Crippen LogP) is 4.07. The molecule has 0 radical (unpaired) electrons. The number of nitrogens with zero attached hydrogens (tertiary/aromatic N) is 4. The van der Waals surface area contributed by atoms with E-state index in [0.29, 0.717) is 35.4 Å². The fraction of sp³-hybridized carbons (Fsp3) is 0.440. The predicted molar refractivity (Wildman–Crippen MR) is 158 cm³/mol. The number of aliphatic imine (C=N–C) groups is 1. The van der Waals surface area contributed by atoms with Crippen LogP contribution in [0.1, 0.15) is 12.6 Å². The van der Waals surface area contributed by atoms with Crippen LogP contribution in [0.15, 0.2) is 52.6 Å². The van der Waals surface area contributed by atoms with Gasteiger partial charge in [-0.2, -0.15) is 8.42 Å². The molecule has 38 heavy (non-hydrogen) atoms. The monoisotopic (exact) mass is 601 g/mol. The number of pyridine rings is 1. The molecule has 0 amide bonds. The fourth-order valence-corrected chi connectivity index (χ4v) is 6.85. The first-order valence-electron chi connectivity index (χ1n) is 12.0. The van der Waals surface area contributed by atoms with Crippen LogP contribution in [0, 0.1) is 5.92 Å². The maximum atomic E-state index is 13.4. The number of benzene rings is 1. The van der Waals surface area contributed by atoms with E-state index in [2.05, 4.69) is 21.8 Å². The van der Waals surface area contributed by atoms with Gasteiger partial charge in [-0.05, 0) is 30.2 Å². The average molecular weight is 603 g/mol. The number of aromatic nitrogens is 2. The third-order valence-electron chi connectivity index (χ3n) is 6.39. The fourth-order valence-electron chi connectivity index (χ4n) is 4.58. The van der Waals surface area contributed by atoms with Crippen molar-refractivity contribution >= 4 is 68.2 Å². The number of rotatable bonds is 10. The molecule has 1 saturated heterocycles. The van der Waals surface area contributed by atoms with Crippen molar-refractivity contribution < 1.29 is 17.9 Å². The molecule has 0 aliphatic carbocycles. The van der Waals surface area contributed by atoms with E-state index >= 15 is 0 Å². The Morgan fingerprint density at radius 2 is 1.97 bits per heavy atom. The van der Waals surface area contributed by atoms with Crippen molar-refractivity contribution in [1.82, 2.24) is 14.9 Å². The quantitative estimate of drug-likeness (QED) is 0.350. The summed E-state index contributed by atoms with van der Waals surface area (Å²) in [5.41, 5.74) is 2.06. The molecule has 1 unspecified atom stereocenters. The van der Waals surface area contributed by atoms with E-state index in [9.17, 15) is 8.42 Å². The van der Waals surface area contributed by atoms with Crippen molar-refractivity contribution in [3.8, 4) is 5.75 Å². The van der Waals surface area contributed by atoms with Gasteiger partial charge in [-0.25, -0.2) is 4.98 Å². The van der Waals surface area contributed by atoms with Crippen LogP contribution < -0.4 is 9.04 Å². The van der Waals surface area contributed by atoms with Crippen LogP contribution in [0.5, 0.6) is 5.75 Å². The zero-order valence-electron chi connectivity index (χ0n) is 21.5. The van der Waals surface area contributed by atoms with Crippen molar-refractivity contribution in [3.63, 3.8) is 0 Å². The Balaban J connectivity index is 0.00000200. The lowest BCUT2D eigenvalue weighted by Gasteiger charge is -2.38. The van der Waals surface area contributed by atoms with Crippen molar-refractivity contribution in [2.75, 3.05) is 57.9 Å². The van der Waals surface area contributed by atoms with E-state index in [1.165, 1.54) is 23.6 Å². The minimum absolute atomic E-state index is 0. The van der Waals surface area contributed by atoms with Crippen LogP contribution in [-0.2, 0) is 14.8 Å². The lowest BCUT2D eigenvalue weighted by molar-refractivity contribution is 0.115. The smallest absolute Gasteiger partial charge is 0.281 e. The summed E-state index contributed by atoms with van der Waals surface area (Å²) in [6, 6.07) is 10.5. The summed E-state index contributed by atoms with van der Waals surface area (Å²) in [5.74, 6) is 1.34. The van der Waals surface area contributed by atoms with Gasteiger partial charge < -0.3 is 19.4 Å². The number of hydrogen-bond donors (Lipinski definition) is 1. The van der Waals surface area contributed by atoms with Gasteiger partial charge in [0.25, 0.3) is 10.0 Å². The summed E-state index contributed by atoms with van der Waals surface area (Å²) in [6.45, 7) is 7.20. The first-order valence-corrected chi connectivity index (χ1v) is 14.3. The minimum atomic E-state index is -3.88. The molecule has 0 spiro atoms. The molecule has 1 atom stereocenters. The van der Waals surface area contributed by atoms with Crippen LogP contribution in [0.25, 0.3) is 10.9 Å². The number of ether oxygens (including phenoxy) is 2. The van der Waals surface area contributed by atoms with Gasteiger partial charge in [-0.1, -0.05) is 24.8 Å². The maximum Gasteiger partial charge on any atom is 0.281 e. The number of aromatic amines is 1. The molecule has 2 aromatic heterocycles. The van der Waals surface area contributed by atoms with Gasteiger partial charge in [-0.3, -0.25) is 9.30 Å². The van der Waals surface area contributed by atoms with E-state index in [4.69, 9.17) is 14.5 Å². The molecule has 1 fully saturated rings. The zero-order chi connectivity index (χ0) is 25.3. The van der Waals surface area contributed by atoms with Crippen molar-refractivity contribution in [3.05, 3.63) is 48.3 Å². The van der Waals surface area contributed by atoms with E-state index in [0.717, 1.165) is 48.2 Å². The normalized spacial score (nSPS) is 17.9. The molecule has 13 heteroatoms. The lowest BCUT2D eigenvalue weighted by atomic mass is 10.0. The summed E-state index contributed by atoms with van der Waals surface area (Å²) in [6.07, 6.45) is 1.47. The van der Waals surface area contributed by atoms with E-state index in [1.54, 1.807) is 37.1 Å². The third-order valence-corrected chi connectivity index (χ3v) is 9.28. The van der Waals surface area contributed by atoms with Gasteiger partial charge in [0.05, 0.1) is 30.0 Å². The number of likely N-dealkylation sites (tertiary alicyclic amines) is 1. The average Bonchev–Trinajstić information content (AvgIpc) is 3.50. The number of fused-ring (bicyclic) bond motifs is 1. The minimum Gasteiger partial charge on any atom is -0.491 e. The number of H-pyrrole nitrogens is 1. The van der Waals surface area contributed by atoms with Crippen LogP contribution in [0.4, 0.5) is 5.69 Å². The lowest BCUT2D eigenvalue weighted by Crippen LogP contribution is -2.48. The first-order chi connectivity index (χ1) is 17.3. The second-order valence-electron chi connectivity index (χ2n) is 9.28. The SMILES string of the molecule is COCCOc1cc(N(C)S(=O)(=O)c2ccccn2)c2[nH]c(C3=NCC(CN4CC(C)C4)S3)cc2c1.Cl.Cl. The Morgan fingerprint density at radius 1 is 1.18 bits per heavy atom. The molecule has 2 aliphatic heterocycles. The highest BCUT2D eigenvalue weighted by molar-refractivity contribution is 8.15. The second-order valence-corrected chi connectivity index (χ2v) is 12.5. The maximum absolute atomic E-state index is 13.4. The Bertz CT molecular complexity index is 1360. The molecule has 0 saturated carbocycles. The number of hydrogen-bond acceptors (Lipinski definition) is 8. The van der Waals surface area contributed by atoms with Gasteiger partial charge in [0.15, 0.2) is 5.03 Å². The molecule has 2 aliphatic rings. The molecule has 1 N–H and O–H groups in total. The first kappa shape index (κ1) is 30.5. The highest BCUT2D eigenvalue weighted by Gasteiger charge is 2.30. The molecule has 1 aromatic carbocycles. The molecule has 208 valence electrons. The number of sulfonamides is 1. The number of thioether (sulfide) groups is 1. The van der Waals surface area contributed by atoms with Crippen LogP contribution in [0.3, 0.4) is 0 Å². The summed E-state index contributed by atoms with van der Waals surface area (Å²) in [7, 11) is -0.735. The van der Waals surface area contributed by atoms with Gasteiger partial charge >= 0.3 is 0 Å². The van der Waals surface area contributed by atoms with Crippen molar-refractivity contribution in [1.29, 1.82) is 0 Å². The van der Waals surface area contributed by atoms with Crippen molar-refractivity contribution in [2.45, 2.75) is 17.2 Å². The highest BCUT2D eigenvalue weighted by atomic mass is 35.5. The largest absolute Gasteiger partial charge is 0.491 e. The Morgan fingerprint density at radius 3 is 2.66 bits per heavy atom. The molecular formula is C25H33Cl2N5O4S2. The summed E-state index contributed by atoms with van der Waals surface area (Å²) < 4.78 is 39.0. The van der Waals surface area contributed by atoms with E-state index in [-0.39, 0.29) is 29.8 Å². The topological polar surface area (TPSA) is 100 Å². The summed E-state index contributed by atoms with van der Waals surface area (Å²) in [4.78, 5) is 14.8. The van der Waals surface area contributed by atoms with Crippen LogP contribution in [0.2, 0.25) is 0 Å². The summed E-state index contributed by atoms with van der Waals surface area (Å²) in [5, 5.41) is 2.21. The van der Waals surface area contributed by atoms with E-state index < -0.39 is 10.0 Å². The molecule has 0 bridgehead atoms. The molecule has 5 rings (SSSR count). The van der Waals surface area contributed by atoms with E-state index in [1.807, 2.05) is 12.1 Å². The number of methoxy groups -OCH3 is 1. The molecular weight excluding hydrogens is 569 g/mol. The molecule has 9 nitrogen and oxygen atoms in total. The highest BCUT2D eigenvalue weighted by Crippen LogP contribution is 2.36. The Kier molecular flexibility index (Phi) is 10.4. The second kappa shape index (κ2) is 12.9. The number of nitrogens with one attached hydrogen (secondary N) is 1. The molecule has 4 heterocycles. The van der Waals surface area contributed by atoms with Gasteiger partial charge in [0.1, 0.15) is 17.4 Å². The molecule has 3 aromatic rings. The van der Waals surface area contributed by atoms with Crippen LogP contribution in [-0.4, -0.2) is 87.1 Å². The number of halogens is 2. The van der Waals surface area contributed by atoms with Gasteiger partial charge in [0, 0.05) is 56.7 Å². The third kappa shape index (κ3) is 6.40. The van der Waals surface area contributed by atoms with Gasteiger partial charge in [-0.15, -0.1) is 24.8 Å². The standard InChI is InChI=1S/C25H31N5O4S2.2ClH/c1-17-14-30(15-17)16-20-13-27-25(35-20)21-11-18-10-19(34-9-8-33-3)12-22(24(18)28-21)29(2)36(31,32)23-6-4-5-7-26-23;;/h4-7,10-12,17,20,28H,8-9,13-16H2,1-3H3;2*1H. The Hall–Kier alpha value is -2.02. The summed E-state index contributed by atoms with van der Waals surface area (Å²) >= 11 is 1.78. The van der Waals surface area contributed by atoms with Crippen molar-refractivity contribution in [2.24, 2.45) is 10.9 Å². The van der Waals surface area contributed by atoms with Gasteiger partial charge in [0.2, 0.25) is 0 Å². The number of anilines is 1. The zero-order valence-corrected chi connectivity index (χ0v) is 24.8. The van der Waals surface area contributed by atoms with Crippen LogP contribution >= 0.6 is 36.6 Å². The Labute approximate surface area is 240 Å².